The van der Waals surface area contributed by atoms with E-state index < -0.39 is 0 Å². The van der Waals surface area contributed by atoms with Gasteiger partial charge in [0.2, 0.25) is 0 Å². The number of carbonyl (C=O) groups is 1. The van der Waals surface area contributed by atoms with Gasteiger partial charge in [0.1, 0.15) is 5.78 Å². The number of hydrogen-bond acceptors (Lipinski definition) is 4. The van der Waals surface area contributed by atoms with Crippen LogP contribution in [0.15, 0.2) is 0 Å². The summed E-state index contributed by atoms with van der Waals surface area (Å²) in [6.45, 7) is 9.27. The summed E-state index contributed by atoms with van der Waals surface area (Å²) >= 11 is 0. The molecule has 0 radical (unpaired) electrons. The molecule has 2 saturated heterocycles. The van der Waals surface area contributed by atoms with E-state index in [4.69, 9.17) is 4.74 Å². The van der Waals surface area contributed by atoms with Crippen LogP contribution in [0.3, 0.4) is 0 Å². The highest BCUT2D eigenvalue weighted by Gasteiger charge is 2.28. The van der Waals surface area contributed by atoms with Crippen molar-refractivity contribution >= 4 is 5.78 Å². The summed E-state index contributed by atoms with van der Waals surface area (Å²) in [5, 5.41) is 0. The number of likely N-dealkylation sites (tertiary alicyclic amines) is 1. The smallest absolute Gasteiger partial charge is 0.129 e. The first-order chi connectivity index (χ1) is 8.75. The number of nitrogens with zero attached hydrogens (tertiary/aromatic N) is 2. The van der Waals surface area contributed by atoms with Crippen molar-refractivity contribution in [1.29, 1.82) is 0 Å². The predicted molar refractivity (Wildman–Crippen MR) is 71.8 cm³/mol. The average Bonchev–Trinajstić information content (AvgIpc) is 2.84. The number of Topliss-reactive ketones (excluding diaryl/α,β-unsaturated/α-hetero) is 1. The van der Waals surface area contributed by atoms with Gasteiger partial charge in [0.15, 0.2) is 0 Å². The Morgan fingerprint density at radius 3 is 2.72 bits per heavy atom. The van der Waals surface area contributed by atoms with E-state index in [0.29, 0.717) is 5.78 Å². The molecule has 0 aromatic rings. The lowest BCUT2D eigenvalue weighted by Crippen LogP contribution is -2.44. The van der Waals surface area contributed by atoms with E-state index >= 15 is 0 Å². The number of carbonyl (C=O) groups excluding carboxylic acids is 1. The fourth-order valence-corrected chi connectivity index (χ4v) is 2.97. The van der Waals surface area contributed by atoms with Gasteiger partial charge in [-0.15, -0.1) is 0 Å². The van der Waals surface area contributed by atoms with Crippen molar-refractivity contribution in [2.24, 2.45) is 0 Å². The van der Waals surface area contributed by atoms with Crippen LogP contribution in [0.5, 0.6) is 0 Å². The summed E-state index contributed by atoms with van der Waals surface area (Å²) in [6, 6.07) is 0.738. The highest BCUT2D eigenvalue weighted by atomic mass is 16.5. The molecule has 2 aliphatic heterocycles. The number of ketones is 1. The molecule has 104 valence electrons. The lowest BCUT2D eigenvalue weighted by molar-refractivity contribution is -0.117. The van der Waals surface area contributed by atoms with Gasteiger partial charge >= 0.3 is 0 Å². The van der Waals surface area contributed by atoms with Gasteiger partial charge in [-0.2, -0.15) is 0 Å². The zero-order valence-corrected chi connectivity index (χ0v) is 11.6. The fraction of sp³-hybridized carbons (Fsp3) is 0.929. The zero-order chi connectivity index (χ0) is 12.8. The van der Waals surface area contributed by atoms with E-state index in [9.17, 15) is 4.79 Å². The van der Waals surface area contributed by atoms with Crippen molar-refractivity contribution < 1.29 is 9.53 Å². The Hall–Kier alpha value is -0.450. The Balaban J connectivity index is 1.60. The van der Waals surface area contributed by atoms with Gasteiger partial charge in [-0.1, -0.05) is 0 Å². The minimum atomic E-state index is 0.322. The van der Waals surface area contributed by atoms with Crippen molar-refractivity contribution in [2.45, 2.75) is 38.6 Å². The van der Waals surface area contributed by atoms with Crippen LogP contribution in [0.25, 0.3) is 0 Å². The Kier molecular flexibility index (Phi) is 5.60. The summed E-state index contributed by atoms with van der Waals surface area (Å²) in [4.78, 5) is 16.0. The van der Waals surface area contributed by atoms with Crippen molar-refractivity contribution in [2.75, 3.05) is 45.9 Å². The summed E-state index contributed by atoms with van der Waals surface area (Å²) in [7, 11) is 0. The molecule has 0 N–H and O–H groups in total. The molecule has 18 heavy (non-hydrogen) atoms. The molecule has 2 rings (SSSR count). The second-order valence-electron chi connectivity index (χ2n) is 5.55. The molecule has 0 aliphatic carbocycles. The molecule has 0 amide bonds. The van der Waals surface area contributed by atoms with E-state index in [-0.39, 0.29) is 0 Å². The highest BCUT2D eigenvalue weighted by molar-refractivity contribution is 5.75. The van der Waals surface area contributed by atoms with Crippen LogP contribution in [-0.4, -0.2) is 67.6 Å². The van der Waals surface area contributed by atoms with E-state index in [1.165, 1.54) is 19.5 Å². The van der Waals surface area contributed by atoms with E-state index in [1.807, 2.05) is 0 Å². The Bertz CT molecular complexity index is 265. The third-order valence-corrected chi connectivity index (χ3v) is 4.06. The van der Waals surface area contributed by atoms with E-state index in [2.05, 4.69) is 9.80 Å². The lowest BCUT2D eigenvalue weighted by Gasteiger charge is -2.32. The van der Waals surface area contributed by atoms with Crippen molar-refractivity contribution in [1.82, 2.24) is 9.80 Å². The summed E-state index contributed by atoms with van der Waals surface area (Å²) in [6.07, 6.45) is 4.26. The van der Waals surface area contributed by atoms with Crippen molar-refractivity contribution in [3.05, 3.63) is 0 Å². The molecular weight excluding hydrogens is 228 g/mol. The van der Waals surface area contributed by atoms with E-state index in [1.54, 1.807) is 6.92 Å². The molecule has 0 bridgehead atoms. The van der Waals surface area contributed by atoms with Crippen LogP contribution in [0.1, 0.15) is 32.6 Å². The second-order valence-corrected chi connectivity index (χ2v) is 5.55. The molecule has 0 aromatic carbocycles. The Morgan fingerprint density at radius 2 is 2.00 bits per heavy atom. The zero-order valence-electron chi connectivity index (χ0n) is 11.6. The number of ether oxygens (including phenoxy) is 1. The van der Waals surface area contributed by atoms with Crippen LogP contribution in [0.4, 0.5) is 0 Å². The minimum Gasteiger partial charge on any atom is -0.379 e. The maximum Gasteiger partial charge on any atom is 0.129 e. The van der Waals surface area contributed by atoms with Gasteiger partial charge in [-0.3, -0.25) is 4.90 Å². The monoisotopic (exact) mass is 254 g/mol. The van der Waals surface area contributed by atoms with Crippen LogP contribution >= 0.6 is 0 Å². The van der Waals surface area contributed by atoms with Gasteiger partial charge < -0.3 is 14.4 Å². The minimum absolute atomic E-state index is 0.322. The number of rotatable bonds is 6. The molecular formula is C14H26N2O2. The first kappa shape index (κ1) is 14.0. The summed E-state index contributed by atoms with van der Waals surface area (Å²) in [5.74, 6) is 0.322. The first-order valence-electron chi connectivity index (χ1n) is 7.29. The molecule has 0 aromatic heterocycles. The largest absolute Gasteiger partial charge is 0.379 e. The standard InChI is InChI=1S/C14H26N2O2/c1-13(17)4-2-3-6-15-7-5-14(12-15)16-8-10-18-11-9-16/h14H,2-12H2,1H3. The fourth-order valence-electron chi connectivity index (χ4n) is 2.97. The maximum absolute atomic E-state index is 10.9. The topological polar surface area (TPSA) is 32.8 Å². The molecule has 1 atom stereocenters. The quantitative estimate of drug-likeness (QED) is 0.666. The predicted octanol–water partition coefficient (Wildman–Crippen LogP) is 1.15. The van der Waals surface area contributed by atoms with Crippen LogP contribution in [-0.2, 0) is 9.53 Å². The van der Waals surface area contributed by atoms with Gasteiger partial charge in [0.25, 0.3) is 0 Å². The SMILES string of the molecule is CC(=O)CCCCN1CCC(N2CCOCC2)C1. The molecule has 4 heteroatoms. The Morgan fingerprint density at radius 1 is 1.22 bits per heavy atom. The Labute approximate surface area is 110 Å². The third kappa shape index (κ3) is 4.34. The second kappa shape index (κ2) is 7.22. The van der Waals surface area contributed by atoms with Crippen molar-refractivity contribution in [3.63, 3.8) is 0 Å². The molecule has 0 saturated carbocycles. The average molecular weight is 254 g/mol. The maximum atomic E-state index is 10.9. The van der Waals surface area contributed by atoms with E-state index in [0.717, 1.165) is 58.2 Å². The van der Waals surface area contributed by atoms with Gasteiger partial charge in [-0.05, 0) is 39.3 Å². The molecule has 2 fully saturated rings. The molecule has 2 aliphatic rings. The number of hydrogen-bond donors (Lipinski definition) is 0. The molecule has 0 spiro atoms. The lowest BCUT2D eigenvalue weighted by atomic mass is 10.2. The van der Waals surface area contributed by atoms with Gasteiger partial charge in [-0.25, -0.2) is 0 Å². The van der Waals surface area contributed by atoms with Gasteiger partial charge in [0.05, 0.1) is 13.2 Å². The van der Waals surface area contributed by atoms with Crippen LogP contribution in [0, 0.1) is 0 Å². The van der Waals surface area contributed by atoms with Gasteiger partial charge in [0, 0.05) is 32.1 Å². The van der Waals surface area contributed by atoms with Crippen molar-refractivity contribution in [3.8, 4) is 0 Å². The van der Waals surface area contributed by atoms with Crippen LogP contribution in [0.2, 0.25) is 0 Å². The summed E-state index contributed by atoms with van der Waals surface area (Å²) in [5.41, 5.74) is 0. The number of unbranched alkanes of at least 4 members (excludes halogenated alkanes) is 1. The highest BCUT2D eigenvalue weighted by Crippen LogP contribution is 2.17. The molecule has 2 heterocycles. The third-order valence-electron chi connectivity index (χ3n) is 4.06. The summed E-state index contributed by atoms with van der Waals surface area (Å²) < 4.78 is 5.40. The molecule has 1 unspecified atom stereocenters. The van der Waals surface area contributed by atoms with Crippen LogP contribution < -0.4 is 0 Å². The normalized spacial score (nSPS) is 26.6. The molecule has 4 nitrogen and oxygen atoms in total. The first-order valence-corrected chi connectivity index (χ1v) is 7.29. The number of morpholine rings is 1.